The Morgan fingerprint density at radius 2 is 1.85 bits per heavy atom. The summed E-state index contributed by atoms with van der Waals surface area (Å²) in [5.74, 6) is 0.200. The molecule has 0 aliphatic carbocycles. The Morgan fingerprint density at radius 1 is 1.12 bits per heavy atom. The van der Waals surface area contributed by atoms with E-state index in [0.29, 0.717) is 32.8 Å². The molecule has 0 aliphatic heterocycles. The van der Waals surface area contributed by atoms with E-state index in [1.165, 1.54) is 4.63 Å². The summed E-state index contributed by atoms with van der Waals surface area (Å²) in [5, 5.41) is 11.1. The molecule has 0 bridgehead atoms. The average molecular weight is 386 g/mol. The maximum Gasteiger partial charge on any atom is 0.273 e. The molecule has 1 amide bonds. The van der Waals surface area contributed by atoms with Gasteiger partial charge in [0.15, 0.2) is 11.5 Å². The molecule has 0 atom stereocenters. The number of H-pyrrole nitrogens is 1. The van der Waals surface area contributed by atoms with Crippen molar-refractivity contribution in [1.82, 2.24) is 19.8 Å². The Balaban J connectivity index is 1.62. The Kier molecular flexibility index (Phi) is 4.14. The highest BCUT2D eigenvalue weighted by molar-refractivity contribution is 6.35. The number of hydrogen-bond acceptors (Lipinski definition) is 3. The van der Waals surface area contributed by atoms with E-state index in [2.05, 4.69) is 20.5 Å². The molecule has 8 heteroatoms. The lowest BCUT2D eigenvalue weighted by atomic mass is 10.2. The van der Waals surface area contributed by atoms with E-state index < -0.39 is 0 Å². The number of amides is 1. The van der Waals surface area contributed by atoms with Crippen LogP contribution >= 0.6 is 23.2 Å². The molecule has 6 nitrogen and oxygen atoms in total. The van der Waals surface area contributed by atoms with Gasteiger partial charge in [0.1, 0.15) is 5.69 Å². The standard InChI is InChI=1S/C18H13Cl2N5O/c1-10-4-2-3-5-14(10)21-18(26)15-9-16-22-17(24-25(16)23-15)11-6-12(19)8-13(20)7-11/h2-9,23H,1H3,(H,21,26). The van der Waals surface area contributed by atoms with Crippen LogP contribution in [-0.4, -0.2) is 25.7 Å². The van der Waals surface area contributed by atoms with Crippen molar-refractivity contribution in [2.75, 3.05) is 5.32 Å². The zero-order valence-electron chi connectivity index (χ0n) is 13.6. The molecule has 26 heavy (non-hydrogen) atoms. The minimum atomic E-state index is -0.265. The van der Waals surface area contributed by atoms with E-state index in [4.69, 9.17) is 23.2 Å². The summed E-state index contributed by atoms with van der Waals surface area (Å²) in [7, 11) is 0. The van der Waals surface area contributed by atoms with Gasteiger partial charge in [-0.05, 0) is 36.8 Å². The average Bonchev–Trinajstić information content (AvgIpc) is 3.15. The molecular weight excluding hydrogens is 373 g/mol. The number of halogens is 2. The quantitative estimate of drug-likeness (QED) is 0.541. The van der Waals surface area contributed by atoms with Crippen molar-refractivity contribution >= 4 is 40.4 Å². The number of para-hydroxylation sites is 1. The third kappa shape index (κ3) is 3.16. The molecule has 2 aromatic carbocycles. The SMILES string of the molecule is Cc1ccccc1NC(=O)c1cc2nc(-c3cc(Cl)cc(Cl)c3)nn2[nH]1. The molecule has 4 rings (SSSR count). The number of benzene rings is 2. The number of nitrogens with one attached hydrogen (secondary N) is 2. The van der Waals surface area contributed by atoms with E-state index in [9.17, 15) is 4.79 Å². The first-order chi connectivity index (χ1) is 12.5. The number of anilines is 1. The highest BCUT2D eigenvalue weighted by Gasteiger charge is 2.15. The van der Waals surface area contributed by atoms with E-state index >= 15 is 0 Å². The van der Waals surface area contributed by atoms with Crippen molar-refractivity contribution in [3.8, 4) is 11.4 Å². The fraction of sp³-hybridized carbons (Fsp3) is 0.0556. The van der Waals surface area contributed by atoms with Crippen LogP contribution < -0.4 is 5.32 Å². The van der Waals surface area contributed by atoms with Crippen LogP contribution in [0.5, 0.6) is 0 Å². The third-order valence-corrected chi connectivity index (χ3v) is 4.33. The highest BCUT2D eigenvalue weighted by Crippen LogP contribution is 2.25. The van der Waals surface area contributed by atoms with E-state index in [1.807, 2.05) is 31.2 Å². The van der Waals surface area contributed by atoms with Gasteiger partial charge in [-0.25, -0.2) is 4.98 Å². The van der Waals surface area contributed by atoms with Crippen molar-refractivity contribution in [1.29, 1.82) is 0 Å². The van der Waals surface area contributed by atoms with E-state index in [-0.39, 0.29) is 5.91 Å². The fourth-order valence-electron chi connectivity index (χ4n) is 2.60. The molecule has 4 aromatic rings. The molecule has 130 valence electrons. The van der Waals surface area contributed by atoms with Crippen LogP contribution in [-0.2, 0) is 0 Å². The van der Waals surface area contributed by atoms with Crippen molar-refractivity contribution in [2.24, 2.45) is 0 Å². The predicted molar refractivity (Wildman–Crippen MR) is 102 cm³/mol. The lowest BCUT2D eigenvalue weighted by Gasteiger charge is -2.06. The van der Waals surface area contributed by atoms with Gasteiger partial charge in [-0.15, -0.1) is 5.10 Å². The molecule has 0 aliphatic rings. The predicted octanol–water partition coefficient (Wildman–Crippen LogP) is 4.59. The third-order valence-electron chi connectivity index (χ3n) is 3.89. The number of rotatable bonds is 3. The molecule has 2 aromatic heterocycles. The normalized spacial score (nSPS) is 11.0. The summed E-state index contributed by atoms with van der Waals surface area (Å²) in [6, 6.07) is 14.3. The maximum atomic E-state index is 12.4. The summed E-state index contributed by atoms with van der Waals surface area (Å²) in [4.78, 5) is 16.8. The molecule has 0 saturated heterocycles. The molecule has 0 radical (unpaired) electrons. The Labute approximate surface area is 158 Å². The smallest absolute Gasteiger partial charge is 0.273 e. The van der Waals surface area contributed by atoms with Gasteiger partial charge in [-0.1, -0.05) is 41.4 Å². The van der Waals surface area contributed by atoms with E-state index in [1.54, 1.807) is 24.3 Å². The van der Waals surface area contributed by atoms with Crippen LogP contribution in [0.4, 0.5) is 5.69 Å². The topological polar surface area (TPSA) is 75.1 Å². The minimum absolute atomic E-state index is 0.265. The lowest BCUT2D eigenvalue weighted by Crippen LogP contribution is -2.13. The molecular formula is C18H13Cl2N5O. The van der Waals surface area contributed by atoms with Crippen LogP contribution in [0.1, 0.15) is 16.1 Å². The van der Waals surface area contributed by atoms with E-state index in [0.717, 1.165) is 11.3 Å². The maximum absolute atomic E-state index is 12.4. The molecule has 2 N–H and O–H groups in total. The van der Waals surface area contributed by atoms with Gasteiger partial charge in [-0.3, -0.25) is 9.89 Å². The molecule has 0 fully saturated rings. The number of hydrogen-bond donors (Lipinski definition) is 2. The van der Waals surface area contributed by atoms with Gasteiger partial charge < -0.3 is 5.32 Å². The van der Waals surface area contributed by atoms with Crippen LogP contribution in [0.2, 0.25) is 10.0 Å². The Bertz CT molecular complexity index is 1080. The van der Waals surface area contributed by atoms with Crippen molar-refractivity contribution in [3.05, 3.63) is 69.8 Å². The largest absolute Gasteiger partial charge is 0.320 e. The monoisotopic (exact) mass is 385 g/mol. The second-order valence-electron chi connectivity index (χ2n) is 5.80. The molecule has 2 heterocycles. The number of aromatic nitrogens is 4. The lowest BCUT2D eigenvalue weighted by molar-refractivity contribution is 0.102. The number of aryl methyl sites for hydroxylation is 1. The molecule has 0 unspecified atom stereocenters. The van der Waals surface area contributed by atoms with Gasteiger partial charge >= 0.3 is 0 Å². The van der Waals surface area contributed by atoms with Gasteiger partial charge in [0.25, 0.3) is 5.91 Å². The van der Waals surface area contributed by atoms with Crippen LogP contribution in [0.3, 0.4) is 0 Å². The van der Waals surface area contributed by atoms with Gasteiger partial charge in [0.05, 0.1) is 0 Å². The molecule has 0 saturated carbocycles. The Hall–Kier alpha value is -2.83. The number of carbonyl (C=O) groups excluding carboxylic acids is 1. The number of carbonyl (C=O) groups is 1. The minimum Gasteiger partial charge on any atom is -0.320 e. The summed E-state index contributed by atoms with van der Waals surface area (Å²) >= 11 is 12.0. The number of fused-ring (bicyclic) bond motifs is 1. The zero-order chi connectivity index (χ0) is 18.3. The van der Waals surface area contributed by atoms with Crippen molar-refractivity contribution < 1.29 is 4.79 Å². The van der Waals surface area contributed by atoms with Gasteiger partial charge in [0.2, 0.25) is 0 Å². The van der Waals surface area contributed by atoms with Crippen molar-refractivity contribution in [2.45, 2.75) is 6.92 Å². The second kappa shape index (κ2) is 6.48. The van der Waals surface area contributed by atoms with Gasteiger partial charge in [-0.2, -0.15) is 4.63 Å². The fourth-order valence-corrected chi connectivity index (χ4v) is 3.13. The summed E-state index contributed by atoms with van der Waals surface area (Å²) in [6.07, 6.45) is 0. The van der Waals surface area contributed by atoms with Crippen LogP contribution in [0.25, 0.3) is 17.0 Å². The Morgan fingerprint density at radius 3 is 2.54 bits per heavy atom. The summed E-state index contributed by atoms with van der Waals surface area (Å²) in [5.41, 5.74) is 3.32. The summed E-state index contributed by atoms with van der Waals surface area (Å²) in [6.45, 7) is 1.93. The first-order valence-electron chi connectivity index (χ1n) is 7.79. The first-order valence-corrected chi connectivity index (χ1v) is 8.54. The number of aromatic amines is 1. The van der Waals surface area contributed by atoms with Crippen molar-refractivity contribution in [3.63, 3.8) is 0 Å². The highest BCUT2D eigenvalue weighted by atomic mass is 35.5. The molecule has 0 spiro atoms. The van der Waals surface area contributed by atoms with Gasteiger partial charge in [0, 0.05) is 27.4 Å². The summed E-state index contributed by atoms with van der Waals surface area (Å²) < 4.78 is 1.44. The number of nitrogens with zero attached hydrogens (tertiary/aromatic N) is 3. The van der Waals surface area contributed by atoms with Crippen LogP contribution in [0, 0.1) is 6.92 Å². The second-order valence-corrected chi connectivity index (χ2v) is 6.68. The zero-order valence-corrected chi connectivity index (χ0v) is 15.1. The first kappa shape index (κ1) is 16.6. The van der Waals surface area contributed by atoms with Crippen LogP contribution in [0.15, 0.2) is 48.5 Å².